The van der Waals surface area contributed by atoms with Crippen LogP contribution in [0, 0.1) is 11.6 Å². The van der Waals surface area contributed by atoms with E-state index in [1.54, 1.807) is 6.07 Å². The Morgan fingerprint density at radius 3 is 2.47 bits per heavy atom. The average Bonchev–Trinajstić information content (AvgIpc) is 2.43. The summed E-state index contributed by atoms with van der Waals surface area (Å²) in [4.78, 5) is 12.1. The summed E-state index contributed by atoms with van der Waals surface area (Å²) in [5.41, 5.74) is 2.16. The molecule has 0 bridgehead atoms. The summed E-state index contributed by atoms with van der Waals surface area (Å²) < 4.78 is 25.9. The van der Waals surface area contributed by atoms with Gasteiger partial charge in [-0.05, 0) is 35.7 Å². The van der Waals surface area contributed by atoms with Crippen molar-refractivity contribution in [1.82, 2.24) is 0 Å². The fraction of sp³-hybridized carbons (Fsp3) is 0.188. The molecule has 2 aromatic carbocycles. The van der Waals surface area contributed by atoms with Gasteiger partial charge in [0.05, 0.1) is 0 Å². The highest BCUT2D eigenvalue weighted by Gasteiger charge is 2.09. The summed E-state index contributed by atoms with van der Waals surface area (Å²) in [5.74, 6) is -1.92. The quantitative estimate of drug-likeness (QED) is 0.761. The maximum absolute atomic E-state index is 13.1. The molecule has 0 aromatic heterocycles. The summed E-state index contributed by atoms with van der Waals surface area (Å²) in [5, 5.41) is 0. The highest BCUT2D eigenvalue weighted by molar-refractivity contribution is 5.97. The summed E-state index contributed by atoms with van der Waals surface area (Å²) in [7, 11) is 0. The number of rotatable bonds is 4. The van der Waals surface area contributed by atoms with Gasteiger partial charge in [0, 0.05) is 12.0 Å². The van der Waals surface area contributed by atoms with Gasteiger partial charge in [0.2, 0.25) is 0 Å². The molecular weight excluding hydrogens is 246 g/mol. The number of hydrogen-bond acceptors (Lipinski definition) is 1. The topological polar surface area (TPSA) is 17.1 Å². The maximum atomic E-state index is 13.1. The average molecular weight is 260 g/mol. The van der Waals surface area contributed by atoms with E-state index in [-0.39, 0.29) is 12.2 Å². The van der Waals surface area contributed by atoms with E-state index in [9.17, 15) is 13.6 Å². The summed E-state index contributed by atoms with van der Waals surface area (Å²) >= 11 is 0. The van der Waals surface area contributed by atoms with Crippen molar-refractivity contribution in [3.63, 3.8) is 0 Å². The maximum Gasteiger partial charge on any atom is 0.167 e. The Balaban J connectivity index is 2.18. The van der Waals surface area contributed by atoms with Crippen LogP contribution in [0.5, 0.6) is 0 Å². The zero-order valence-corrected chi connectivity index (χ0v) is 10.6. The SMILES string of the molecule is CCc1cccc(C(=O)Cc2ccc(F)c(F)c2)c1. The lowest BCUT2D eigenvalue weighted by atomic mass is 10.0. The molecule has 0 fully saturated rings. The van der Waals surface area contributed by atoms with Crippen molar-refractivity contribution in [2.24, 2.45) is 0 Å². The Hall–Kier alpha value is -2.03. The van der Waals surface area contributed by atoms with Gasteiger partial charge in [-0.2, -0.15) is 0 Å². The normalized spacial score (nSPS) is 10.5. The molecule has 3 heteroatoms. The van der Waals surface area contributed by atoms with E-state index in [0.29, 0.717) is 11.1 Å². The van der Waals surface area contributed by atoms with Gasteiger partial charge >= 0.3 is 0 Å². The standard InChI is InChI=1S/C16H14F2O/c1-2-11-4-3-5-13(8-11)16(19)10-12-6-7-14(17)15(18)9-12/h3-9H,2,10H2,1H3. The van der Waals surface area contributed by atoms with Crippen LogP contribution in [0.25, 0.3) is 0 Å². The van der Waals surface area contributed by atoms with Crippen LogP contribution in [0.2, 0.25) is 0 Å². The number of carbonyl (C=O) groups is 1. The third-order valence-electron chi connectivity index (χ3n) is 3.01. The molecule has 1 nitrogen and oxygen atoms in total. The molecule has 0 atom stereocenters. The predicted molar refractivity (Wildman–Crippen MR) is 70.2 cm³/mol. The third kappa shape index (κ3) is 3.25. The van der Waals surface area contributed by atoms with E-state index in [0.717, 1.165) is 24.1 Å². The Bertz CT molecular complexity index is 605. The van der Waals surface area contributed by atoms with Crippen LogP contribution in [0.3, 0.4) is 0 Å². The van der Waals surface area contributed by atoms with Crippen molar-refractivity contribution < 1.29 is 13.6 Å². The monoisotopic (exact) mass is 260 g/mol. The molecular formula is C16H14F2O. The van der Waals surface area contributed by atoms with Crippen molar-refractivity contribution in [3.8, 4) is 0 Å². The molecule has 0 aliphatic carbocycles. The van der Waals surface area contributed by atoms with Crippen LogP contribution < -0.4 is 0 Å². The summed E-state index contributed by atoms with van der Waals surface area (Å²) in [6, 6.07) is 10.9. The number of halogens is 2. The lowest BCUT2D eigenvalue weighted by Crippen LogP contribution is -2.04. The molecule has 19 heavy (non-hydrogen) atoms. The Morgan fingerprint density at radius 2 is 1.79 bits per heavy atom. The molecule has 0 unspecified atom stereocenters. The fourth-order valence-corrected chi connectivity index (χ4v) is 1.90. The van der Waals surface area contributed by atoms with Gasteiger partial charge in [0.1, 0.15) is 0 Å². The predicted octanol–water partition coefficient (Wildman–Crippen LogP) is 3.95. The third-order valence-corrected chi connectivity index (χ3v) is 3.01. The number of carbonyl (C=O) groups excluding carboxylic acids is 1. The second-order valence-electron chi connectivity index (χ2n) is 4.40. The smallest absolute Gasteiger partial charge is 0.167 e. The highest BCUT2D eigenvalue weighted by Crippen LogP contribution is 2.13. The number of aryl methyl sites for hydroxylation is 1. The number of benzene rings is 2. The first-order chi connectivity index (χ1) is 9.10. The van der Waals surface area contributed by atoms with Crippen LogP contribution in [0.1, 0.15) is 28.4 Å². The molecule has 0 aliphatic rings. The van der Waals surface area contributed by atoms with Crippen molar-refractivity contribution in [1.29, 1.82) is 0 Å². The van der Waals surface area contributed by atoms with Gasteiger partial charge in [0.25, 0.3) is 0 Å². The first-order valence-corrected chi connectivity index (χ1v) is 6.16. The molecule has 0 amide bonds. The molecule has 0 N–H and O–H groups in total. The second kappa shape index (κ2) is 5.74. The lowest BCUT2D eigenvalue weighted by molar-refractivity contribution is 0.0993. The minimum Gasteiger partial charge on any atom is -0.294 e. The minimum atomic E-state index is -0.924. The first-order valence-electron chi connectivity index (χ1n) is 6.16. The van der Waals surface area contributed by atoms with Crippen LogP contribution in [0.4, 0.5) is 8.78 Å². The zero-order valence-electron chi connectivity index (χ0n) is 10.6. The van der Waals surface area contributed by atoms with Crippen LogP contribution in [-0.4, -0.2) is 5.78 Å². The van der Waals surface area contributed by atoms with E-state index in [1.807, 2.05) is 25.1 Å². The molecule has 0 spiro atoms. The van der Waals surface area contributed by atoms with E-state index in [1.165, 1.54) is 6.07 Å². The van der Waals surface area contributed by atoms with E-state index < -0.39 is 11.6 Å². The van der Waals surface area contributed by atoms with E-state index in [4.69, 9.17) is 0 Å². The van der Waals surface area contributed by atoms with Crippen molar-refractivity contribution >= 4 is 5.78 Å². The van der Waals surface area contributed by atoms with Crippen molar-refractivity contribution in [3.05, 3.63) is 70.8 Å². The first kappa shape index (κ1) is 13.4. The largest absolute Gasteiger partial charge is 0.294 e. The lowest BCUT2D eigenvalue weighted by Gasteiger charge is -2.04. The Kier molecular flexibility index (Phi) is 4.05. The van der Waals surface area contributed by atoms with Gasteiger partial charge in [-0.15, -0.1) is 0 Å². The second-order valence-corrected chi connectivity index (χ2v) is 4.40. The van der Waals surface area contributed by atoms with Gasteiger partial charge in [0.15, 0.2) is 17.4 Å². The number of Topliss-reactive ketones (excluding diaryl/α,β-unsaturated/α-hetero) is 1. The molecule has 0 heterocycles. The van der Waals surface area contributed by atoms with Crippen LogP contribution >= 0.6 is 0 Å². The number of ketones is 1. The van der Waals surface area contributed by atoms with E-state index >= 15 is 0 Å². The fourth-order valence-electron chi connectivity index (χ4n) is 1.90. The zero-order chi connectivity index (χ0) is 13.8. The van der Waals surface area contributed by atoms with E-state index in [2.05, 4.69) is 0 Å². The van der Waals surface area contributed by atoms with Gasteiger partial charge in [-0.3, -0.25) is 4.79 Å². The van der Waals surface area contributed by atoms with Crippen molar-refractivity contribution in [2.45, 2.75) is 19.8 Å². The van der Waals surface area contributed by atoms with Crippen LogP contribution in [0.15, 0.2) is 42.5 Å². The summed E-state index contributed by atoms with van der Waals surface area (Å²) in [6.45, 7) is 2.01. The molecule has 0 saturated heterocycles. The molecule has 98 valence electrons. The van der Waals surface area contributed by atoms with Gasteiger partial charge < -0.3 is 0 Å². The molecule has 0 saturated carbocycles. The molecule has 2 aromatic rings. The Morgan fingerprint density at radius 1 is 1.00 bits per heavy atom. The molecule has 0 radical (unpaired) electrons. The minimum absolute atomic E-state index is 0.0738. The van der Waals surface area contributed by atoms with Crippen molar-refractivity contribution in [2.75, 3.05) is 0 Å². The van der Waals surface area contributed by atoms with Gasteiger partial charge in [-0.1, -0.05) is 31.2 Å². The molecule has 2 rings (SSSR count). The summed E-state index contributed by atoms with van der Waals surface area (Å²) in [6.07, 6.45) is 0.927. The Labute approximate surface area is 110 Å². The highest BCUT2D eigenvalue weighted by atomic mass is 19.2. The molecule has 0 aliphatic heterocycles. The number of hydrogen-bond donors (Lipinski definition) is 0. The van der Waals surface area contributed by atoms with Gasteiger partial charge in [-0.25, -0.2) is 8.78 Å². The van der Waals surface area contributed by atoms with Crippen LogP contribution in [-0.2, 0) is 12.8 Å².